The SMILES string of the molecule is Cc1cc(C)c(CC(NN)c2cc(C)c(Br)s2)c(C)c1. The van der Waals surface area contributed by atoms with Crippen LogP contribution in [-0.4, -0.2) is 0 Å². The Kier molecular flexibility index (Phi) is 5.02. The summed E-state index contributed by atoms with van der Waals surface area (Å²) in [5.74, 6) is 5.78. The lowest BCUT2D eigenvalue weighted by atomic mass is 9.94. The molecule has 0 bridgehead atoms. The van der Waals surface area contributed by atoms with E-state index in [9.17, 15) is 0 Å². The molecule has 0 fully saturated rings. The maximum Gasteiger partial charge on any atom is 0.0731 e. The molecule has 20 heavy (non-hydrogen) atoms. The van der Waals surface area contributed by atoms with E-state index < -0.39 is 0 Å². The van der Waals surface area contributed by atoms with Gasteiger partial charge in [-0.05, 0) is 78.4 Å². The standard InChI is InChI=1S/C16H21BrN2S/c1-9-5-10(2)13(11(3)6-9)8-14(19-18)15-7-12(4)16(17)20-15/h5-7,14,19H,8,18H2,1-4H3. The smallest absolute Gasteiger partial charge is 0.0731 e. The lowest BCUT2D eigenvalue weighted by Gasteiger charge is -2.18. The van der Waals surface area contributed by atoms with Gasteiger partial charge in [0.05, 0.1) is 9.83 Å². The van der Waals surface area contributed by atoms with Gasteiger partial charge in [-0.15, -0.1) is 11.3 Å². The molecule has 2 rings (SSSR count). The van der Waals surface area contributed by atoms with Gasteiger partial charge in [-0.25, -0.2) is 0 Å². The van der Waals surface area contributed by atoms with E-state index in [1.54, 1.807) is 11.3 Å². The van der Waals surface area contributed by atoms with Crippen LogP contribution in [0.15, 0.2) is 22.0 Å². The fourth-order valence-corrected chi connectivity index (χ4v) is 4.26. The Morgan fingerprint density at radius 3 is 2.15 bits per heavy atom. The number of halogens is 1. The third-order valence-corrected chi connectivity index (χ3v) is 5.92. The second-order valence-corrected chi connectivity index (χ2v) is 7.81. The normalized spacial score (nSPS) is 12.7. The van der Waals surface area contributed by atoms with E-state index in [0.717, 1.165) is 6.42 Å². The molecule has 0 aliphatic rings. The molecule has 4 heteroatoms. The van der Waals surface area contributed by atoms with E-state index in [0.29, 0.717) is 0 Å². The molecule has 1 aromatic heterocycles. The van der Waals surface area contributed by atoms with Crippen LogP contribution in [0.25, 0.3) is 0 Å². The summed E-state index contributed by atoms with van der Waals surface area (Å²) in [6.45, 7) is 8.61. The minimum Gasteiger partial charge on any atom is -0.271 e. The van der Waals surface area contributed by atoms with Gasteiger partial charge < -0.3 is 0 Å². The van der Waals surface area contributed by atoms with E-state index >= 15 is 0 Å². The van der Waals surface area contributed by atoms with Crippen molar-refractivity contribution in [1.29, 1.82) is 0 Å². The first-order valence-corrected chi connectivity index (χ1v) is 8.32. The minimum atomic E-state index is 0.158. The molecule has 0 aliphatic heterocycles. The van der Waals surface area contributed by atoms with E-state index in [4.69, 9.17) is 5.84 Å². The Morgan fingerprint density at radius 1 is 1.10 bits per heavy atom. The molecule has 0 radical (unpaired) electrons. The number of aryl methyl sites for hydroxylation is 4. The number of nitrogens with two attached hydrogens (primary N) is 1. The quantitative estimate of drug-likeness (QED) is 0.628. The average molecular weight is 353 g/mol. The topological polar surface area (TPSA) is 38.0 Å². The van der Waals surface area contributed by atoms with Gasteiger partial charge in [0.25, 0.3) is 0 Å². The highest BCUT2D eigenvalue weighted by Crippen LogP contribution is 2.33. The summed E-state index contributed by atoms with van der Waals surface area (Å²) in [6.07, 6.45) is 0.918. The molecule has 3 N–H and O–H groups in total. The third kappa shape index (κ3) is 3.31. The summed E-state index contributed by atoms with van der Waals surface area (Å²) < 4.78 is 1.19. The van der Waals surface area contributed by atoms with Crippen molar-refractivity contribution in [2.45, 2.75) is 40.2 Å². The molecule has 108 valence electrons. The van der Waals surface area contributed by atoms with Crippen LogP contribution in [0.4, 0.5) is 0 Å². The Hall–Kier alpha value is -0.680. The van der Waals surface area contributed by atoms with Gasteiger partial charge in [0.2, 0.25) is 0 Å². The molecule has 0 spiro atoms. The molecular weight excluding hydrogens is 332 g/mol. The molecule has 0 saturated carbocycles. The molecular formula is C16H21BrN2S. The average Bonchev–Trinajstić information content (AvgIpc) is 2.68. The first-order chi connectivity index (χ1) is 9.42. The second kappa shape index (κ2) is 6.39. The molecule has 0 aliphatic carbocycles. The van der Waals surface area contributed by atoms with Gasteiger partial charge in [0.1, 0.15) is 0 Å². The van der Waals surface area contributed by atoms with Crippen molar-refractivity contribution in [3.63, 3.8) is 0 Å². The highest BCUT2D eigenvalue weighted by molar-refractivity contribution is 9.11. The van der Waals surface area contributed by atoms with Crippen molar-refractivity contribution < 1.29 is 0 Å². The summed E-state index contributed by atoms with van der Waals surface area (Å²) >= 11 is 5.34. The van der Waals surface area contributed by atoms with Gasteiger partial charge >= 0.3 is 0 Å². The maximum absolute atomic E-state index is 5.78. The van der Waals surface area contributed by atoms with Crippen molar-refractivity contribution in [1.82, 2.24) is 5.43 Å². The Morgan fingerprint density at radius 2 is 1.70 bits per heavy atom. The summed E-state index contributed by atoms with van der Waals surface area (Å²) in [7, 11) is 0. The molecule has 2 nitrogen and oxygen atoms in total. The van der Waals surface area contributed by atoms with Crippen LogP contribution in [0.3, 0.4) is 0 Å². The predicted octanol–water partition coefficient (Wildman–Crippen LogP) is 4.49. The minimum absolute atomic E-state index is 0.158. The Bertz CT molecular complexity index is 576. The number of hydrogen-bond donors (Lipinski definition) is 2. The highest BCUT2D eigenvalue weighted by Gasteiger charge is 2.17. The zero-order valence-corrected chi connectivity index (χ0v) is 14.8. The molecule has 1 heterocycles. The van der Waals surface area contributed by atoms with Gasteiger partial charge in [0, 0.05) is 4.88 Å². The third-order valence-electron chi connectivity index (χ3n) is 3.67. The van der Waals surface area contributed by atoms with E-state index in [-0.39, 0.29) is 6.04 Å². The van der Waals surface area contributed by atoms with Crippen LogP contribution >= 0.6 is 27.3 Å². The van der Waals surface area contributed by atoms with Gasteiger partial charge in [-0.1, -0.05) is 17.7 Å². The fourth-order valence-electron chi connectivity index (χ4n) is 2.63. The fraction of sp³-hybridized carbons (Fsp3) is 0.375. The first-order valence-electron chi connectivity index (χ1n) is 6.71. The zero-order chi connectivity index (χ0) is 14.9. The molecule has 1 atom stereocenters. The van der Waals surface area contributed by atoms with E-state index in [1.165, 1.54) is 36.5 Å². The van der Waals surface area contributed by atoms with Crippen LogP contribution in [0.2, 0.25) is 0 Å². The number of nitrogens with one attached hydrogen (secondary N) is 1. The van der Waals surface area contributed by atoms with Crippen LogP contribution < -0.4 is 11.3 Å². The van der Waals surface area contributed by atoms with Crippen molar-refractivity contribution >= 4 is 27.3 Å². The van der Waals surface area contributed by atoms with Crippen LogP contribution in [0.5, 0.6) is 0 Å². The van der Waals surface area contributed by atoms with E-state index in [1.807, 2.05) is 0 Å². The largest absolute Gasteiger partial charge is 0.271 e. The highest BCUT2D eigenvalue weighted by atomic mass is 79.9. The molecule has 0 saturated heterocycles. The van der Waals surface area contributed by atoms with E-state index in [2.05, 4.69) is 67.2 Å². The van der Waals surface area contributed by atoms with Crippen molar-refractivity contribution in [3.05, 3.63) is 54.7 Å². The van der Waals surface area contributed by atoms with Gasteiger partial charge in [0.15, 0.2) is 0 Å². The van der Waals surface area contributed by atoms with Crippen molar-refractivity contribution in [2.75, 3.05) is 0 Å². The lowest BCUT2D eigenvalue weighted by molar-refractivity contribution is 0.558. The summed E-state index contributed by atoms with van der Waals surface area (Å²) in [5, 5.41) is 0. The number of hydrazine groups is 1. The molecule has 1 unspecified atom stereocenters. The zero-order valence-electron chi connectivity index (χ0n) is 12.4. The number of rotatable bonds is 4. The van der Waals surface area contributed by atoms with Crippen LogP contribution in [-0.2, 0) is 6.42 Å². The lowest BCUT2D eigenvalue weighted by Crippen LogP contribution is -2.29. The van der Waals surface area contributed by atoms with Crippen LogP contribution in [0, 0.1) is 27.7 Å². The summed E-state index contributed by atoms with van der Waals surface area (Å²) in [4.78, 5) is 1.27. The Labute approximate surface area is 133 Å². The predicted molar refractivity (Wildman–Crippen MR) is 91.2 cm³/mol. The maximum atomic E-state index is 5.78. The second-order valence-electron chi connectivity index (χ2n) is 5.41. The summed E-state index contributed by atoms with van der Waals surface area (Å²) in [5.41, 5.74) is 9.62. The van der Waals surface area contributed by atoms with Crippen LogP contribution in [0.1, 0.15) is 38.7 Å². The number of hydrogen-bond acceptors (Lipinski definition) is 3. The molecule has 0 amide bonds. The molecule has 1 aromatic carbocycles. The number of benzene rings is 1. The number of thiophene rings is 1. The van der Waals surface area contributed by atoms with Gasteiger partial charge in [-0.2, -0.15) is 0 Å². The van der Waals surface area contributed by atoms with Crippen molar-refractivity contribution in [2.24, 2.45) is 5.84 Å². The molecule has 2 aromatic rings. The van der Waals surface area contributed by atoms with Crippen molar-refractivity contribution in [3.8, 4) is 0 Å². The van der Waals surface area contributed by atoms with Gasteiger partial charge in [-0.3, -0.25) is 11.3 Å². The first kappa shape index (κ1) is 15.7. The Balaban J connectivity index is 2.31. The monoisotopic (exact) mass is 352 g/mol. The summed E-state index contributed by atoms with van der Waals surface area (Å²) in [6, 6.07) is 6.85.